The lowest BCUT2D eigenvalue weighted by Gasteiger charge is -2.25. The van der Waals surface area contributed by atoms with Crippen LogP contribution in [0.1, 0.15) is 30.6 Å². The summed E-state index contributed by atoms with van der Waals surface area (Å²) in [5, 5.41) is 9.11. The molecule has 2 atom stereocenters. The third kappa shape index (κ3) is 5.81. The van der Waals surface area contributed by atoms with Crippen LogP contribution in [-0.2, 0) is 0 Å². The summed E-state index contributed by atoms with van der Waals surface area (Å²) in [6.07, 6.45) is 2.57. The summed E-state index contributed by atoms with van der Waals surface area (Å²) in [6.45, 7) is 3.18. The zero-order chi connectivity index (χ0) is 13.5. The number of hydrogen-bond donors (Lipinski definition) is 2. The van der Waals surface area contributed by atoms with Crippen LogP contribution in [0.5, 0.6) is 0 Å². The van der Waals surface area contributed by atoms with E-state index in [9.17, 15) is 0 Å². The third-order valence-electron chi connectivity index (χ3n) is 3.33. The maximum Gasteiger partial charge on any atom is 0.191 e. The molecular formula is C14H24IN3S2. The molecule has 1 fully saturated rings. The highest BCUT2D eigenvalue weighted by Crippen LogP contribution is 2.20. The summed E-state index contributed by atoms with van der Waals surface area (Å²) < 4.78 is 0. The van der Waals surface area contributed by atoms with E-state index in [-0.39, 0.29) is 24.0 Å². The highest BCUT2D eigenvalue weighted by Gasteiger charge is 2.15. The Balaban J connectivity index is 0.00000200. The van der Waals surface area contributed by atoms with Crippen LogP contribution in [0.25, 0.3) is 0 Å². The van der Waals surface area contributed by atoms with E-state index in [0.29, 0.717) is 12.0 Å². The lowest BCUT2D eigenvalue weighted by Crippen LogP contribution is -2.46. The van der Waals surface area contributed by atoms with Gasteiger partial charge in [-0.25, -0.2) is 0 Å². The predicted molar refractivity (Wildman–Crippen MR) is 103 cm³/mol. The van der Waals surface area contributed by atoms with Gasteiger partial charge in [0.1, 0.15) is 0 Å². The first kappa shape index (κ1) is 18.1. The van der Waals surface area contributed by atoms with Crippen molar-refractivity contribution in [1.29, 1.82) is 0 Å². The van der Waals surface area contributed by atoms with Crippen LogP contribution in [0.3, 0.4) is 0 Å². The topological polar surface area (TPSA) is 36.4 Å². The molecule has 0 amide bonds. The van der Waals surface area contributed by atoms with Crippen molar-refractivity contribution in [2.75, 3.05) is 25.1 Å². The smallest absolute Gasteiger partial charge is 0.191 e. The Bertz CT molecular complexity index is 389. The minimum absolute atomic E-state index is 0. The molecular weight excluding hydrogens is 401 g/mol. The number of nitrogens with one attached hydrogen (secondary N) is 2. The summed E-state index contributed by atoms with van der Waals surface area (Å²) in [7, 11) is 1.85. The second-order valence-corrected chi connectivity index (χ2v) is 7.06. The molecule has 0 bridgehead atoms. The lowest BCUT2D eigenvalue weighted by molar-refractivity contribution is 0.578. The van der Waals surface area contributed by atoms with E-state index in [2.05, 4.69) is 40.1 Å². The maximum atomic E-state index is 4.32. The standard InChI is InChI=1S/C14H23N3S2.HI/c1-11(13-6-4-8-19-13)9-16-14(15-2)17-12-5-3-7-18-10-12;/h4,6,8,11-12H,3,5,7,9-10H2,1-2H3,(H2,15,16,17);1H. The van der Waals surface area contributed by atoms with Crippen LogP contribution in [-0.4, -0.2) is 37.1 Å². The average molecular weight is 425 g/mol. The number of aliphatic imine (C=N–C) groups is 1. The molecule has 0 radical (unpaired) electrons. The van der Waals surface area contributed by atoms with Crippen molar-refractivity contribution in [3.8, 4) is 0 Å². The molecule has 20 heavy (non-hydrogen) atoms. The first-order chi connectivity index (χ1) is 9.29. The summed E-state index contributed by atoms with van der Waals surface area (Å²) in [4.78, 5) is 5.75. The number of rotatable bonds is 4. The Morgan fingerprint density at radius 1 is 1.55 bits per heavy atom. The van der Waals surface area contributed by atoms with Gasteiger partial charge in [-0.15, -0.1) is 35.3 Å². The number of guanidine groups is 1. The van der Waals surface area contributed by atoms with Crippen molar-refractivity contribution in [3.63, 3.8) is 0 Å². The van der Waals surface area contributed by atoms with Crippen molar-refractivity contribution in [2.45, 2.75) is 31.7 Å². The second-order valence-electron chi connectivity index (χ2n) is 4.93. The molecule has 1 aromatic heterocycles. The van der Waals surface area contributed by atoms with Crippen molar-refractivity contribution >= 4 is 53.0 Å². The van der Waals surface area contributed by atoms with Gasteiger partial charge in [-0.1, -0.05) is 13.0 Å². The number of thiophene rings is 1. The quantitative estimate of drug-likeness (QED) is 0.440. The van der Waals surface area contributed by atoms with Crippen molar-refractivity contribution in [3.05, 3.63) is 22.4 Å². The van der Waals surface area contributed by atoms with Gasteiger partial charge in [-0.2, -0.15) is 11.8 Å². The molecule has 1 aliphatic rings. The Labute approximate surface area is 147 Å². The SMILES string of the molecule is CN=C(NCC(C)c1cccs1)NC1CCCSC1.I. The van der Waals surface area contributed by atoms with Crippen LogP contribution < -0.4 is 10.6 Å². The summed E-state index contributed by atoms with van der Waals surface area (Å²) in [5.41, 5.74) is 0. The Morgan fingerprint density at radius 3 is 3.00 bits per heavy atom. The van der Waals surface area contributed by atoms with E-state index in [0.717, 1.165) is 12.5 Å². The van der Waals surface area contributed by atoms with E-state index >= 15 is 0 Å². The van der Waals surface area contributed by atoms with E-state index in [1.807, 2.05) is 30.1 Å². The fraction of sp³-hybridized carbons (Fsp3) is 0.643. The van der Waals surface area contributed by atoms with E-state index < -0.39 is 0 Å². The van der Waals surface area contributed by atoms with Crippen LogP contribution in [0.15, 0.2) is 22.5 Å². The van der Waals surface area contributed by atoms with Crippen LogP contribution in [0, 0.1) is 0 Å². The van der Waals surface area contributed by atoms with Gasteiger partial charge in [0.15, 0.2) is 5.96 Å². The van der Waals surface area contributed by atoms with Crippen molar-refractivity contribution in [2.24, 2.45) is 4.99 Å². The van der Waals surface area contributed by atoms with Gasteiger partial charge in [-0.05, 0) is 30.0 Å². The highest BCUT2D eigenvalue weighted by atomic mass is 127. The lowest BCUT2D eigenvalue weighted by atomic mass is 10.1. The minimum Gasteiger partial charge on any atom is -0.356 e. The largest absolute Gasteiger partial charge is 0.356 e. The van der Waals surface area contributed by atoms with Crippen molar-refractivity contribution < 1.29 is 0 Å². The molecule has 3 nitrogen and oxygen atoms in total. The molecule has 0 aliphatic carbocycles. The molecule has 2 unspecified atom stereocenters. The molecule has 1 aliphatic heterocycles. The van der Waals surface area contributed by atoms with E-state index in [1.54, 1.807) is 0 Å². The minimum atomic E-state index is 0. The van der Waals surface area contributed by atoms with E-state index in [1.165, 1.54) is 29.2 Å². The number of thioether (sulfide) groups is 1. The van der Waals surface area contributed by atoms with Crippen LogP contribution in [0.2, 0.25) is 0 Å². The number of hydrogen-bond acceptors (Lipinski definition) is 3. The van der Waals surface area contributed by atoms with Gasteiger partial charge in [0.2, 0.25) is 0 Å². The van der Waals surface area contributed by atoms with Gasteiger partial charge >= 0.3 is 0 Å². The molecule has 2 N–H and O–H groups in total. The normalized spacial score (nSPS) is 20.9. The molecule has 0 saturated carbocycles. The van der Waals surface area contributed by atoms with Gasteiger partial charge in [0, 0.05) is 36.2 Å². The highest BCUT2D eigenvalue weighted by molar-refractivity contribution is 14.0. The fourth-order valence-corrected chi connectivity index (χ4v) is 4.02. The summed E-state index contributed by atoms with van der Waals surface area (Å²) in [5.74, 6) is 3.97. The Hall–Kier alpha value is 0.0500. The first-order valence-electron chi connectivity index (χ1n) is 6.88. The second kappa shape index (κ2) is 9.89. The summed E-state index contributed by atoms with van der Waals surface area (Å²) >= 11 is 3.86. The van der Waals surface area contributed by atoms with Gasteiger partial charge < -0.3 is 10.6 Å². The Kier molecular flexibility index (Phi) is 8.95. The van der Waals surface area contributed by atoms with Gasteiger partial charge in [0.25, 0.3) is 0 Å². The first-order valence-corrected chi connectivity index (χ1v) is 8.91. The van der Waals surface area contributed by atoms with Crippen LogP contribution in [0.4, 0.5) is 0 Å². The number of halogens is 1. The molecule has 114 valence electrons. The predicted octanol–water partition coefficient (Wildman–Crippen LogP) is 3.53. The molecule has 2 heterocycles. The maximum absolute atomic E-state index is 4.32. The molecule has 6 heteroatoms. The zero-order valence-electron chi connectivity index (χ0n) is 12.1. The molecule has 0 spiro atoms. The van der Waals surface area contributed by atoms with E-state index in [4.69, 9.17) is 0 Å². The monoisotopic (exact) mass is 425 g/mol. The van der Waals surface area contributed by atoms with Crippen molar-refractivity contribution in [1.82, 2.24) is 10.6 Å². The third-order valence-corrected chi connectivity index (χ3v) is 5.65. The summed E-state index contributed by atoms with van der Waals surface area (Å²) in [6, 6.07) is 4.88. The molecule has 1 saturated heterocycles. The molecule has 0 aromatic carbocycles. The average Bonchev–Trinajstić information content (AvgIpc) is 2.98. The van der Waals surface area contributed by atoms with Gasteiger partial charge in [-0.3, -0.25) is 4.99 Å². The number of nitrogens with zero attached hydrogens (tertiary/aromatic N) is 1. The van der Waals surface area contributed by atoms with Crippen LogP contribution >= 0.6 is 47.1 Å². The zero-order valence-corrected chi connectivity index (χ0v) is 16.1. The Morgan fingerprint density at radius 2 is 2.40 bits per heavy atom. The van der Waals surface area contributed by atoms with Gasteiger partial charge in [0.05, 0.1) is 0 Å². The molecule has 2 rings (SSSR count). The molecule has 1 aromatic rings. The fourth-order valence-electron chi connectivity index (χ4n) is 2.16.